The Labute approximate surface area is 178 Å². The third kappa shape index (κ3) is 7.39. The zero-order chi connectivity index (χ0) is 16.8. The summed E-state index contributed by atoms with van der Waals surface area (Å²) in [5.74, 6) is 0. The van der Waals surface area contributed by atoms with Crippen LogP contribution in [-0.4, -0.2) is 20.2 Å². The molecule has 4 rings (SSSR count). The molecule has 0 saturated carbocycles. The van der Waals surface area contributed by atoms with Crippen molar-refractivity contribution in [3.8, 4) is 22.8 Å². The molecule has 6 nitrogen and oxygen atoms in total. The molecule has 4 heterocycles. The molecule has 142 valence electrons. The van der Waals surface area contributed by atoms with Gasteiger partial charge in [-0.25, -0.2) is 0 Å². The molecule has 9 heteroatoms. The Morgan fingerprint density at radius 2 is 1.07 bits per heavy atom. The van der Waals surface area contributed by atoms with Crippen molar-refractivity contribution >= 4 is 19.8 Å². The monoisotopic (exact) mass is 576 g/mol. The van der Waals surface area contributed by atoms with Gasteiger partial charge in [-0.2, -0.15) is 19.8 Å². The van der Waals surface area contributed by atoms with Crippen LogP contribution >= 0.6 is 19.8 Å². The Morgan fingerprint density at radius 3 is 1.33 bits per heavy atom. The first-order chi connectivity index (χ1) is 11.7. The number of pyridine rings is 2. The molecule has 0 aliphatic carbocycles. The number of hydrogen-bond acceptors (Lipinski definition) is 4. The van der Waals surface area contributed by atoms with E-state index in [1.54, 1.807) is 12.4 Å². The Kier molecular flexibility index (Phi) is 11.7. The van der Waals surface area contributed by atoms with E-state index in [1.165, 1.54) is 0 Å². The summed E-state index contributed by atoms with van der Waals surface area (Å²) >= 11 is 0. The fourth-order valence-electron chi connectivity index (χ4n) is 2.06. The fourth-order valence-corrected chi connectivity index (χ4v) is 2.06. The van der Waals surface area contributed by atoms with Gasteiger partial charge in [0.25, 0.3) is 0 Å². The standard InChI is InChI=1S/2C9H8N3.Os.2H3P/c2*1-7-6-9(12-11-7)8-4-2-3-5-10-8;;;/h2*2-6H,1H3;;2*1H3/q2*-1;+2;;. The van der Waals surface area contributed by atoms with Crippen LogP contribution in [0.15, 0.2) is 60.9 Å². The van der Waals surface area contributed by atoms with E-state index in [-0.39, 0.29) is 39.6 Å². The molecule has 0 aromatic carbocycles. The Morgan fingerprint density at radius 1 is 0.667 bits per heavy atom. The van der Waals surface area contributed by atoms with Crippen LogP contribution in [0.5, 0.6) is 0 Å². The zero-order valence-corrected chi connectivity index (χ0v) is 20.6. The van der Waals surface area contributed by atoms with Crippen LogP contribution in [0.4, 0.5) is 0 Å². The minimum absolute atomic E-state index is 0. The summed E-state index contributed by atoms with van der Waals surface area (Å²) in [7, 11) is 0. The molecule has 2 unspecified atom stereocenters. The van der Waals surface area contributed by atoms with Crippen LogP contribution in [0.2, 0.25) is 0 Å². The first-order valence-corrected chi connectivity index (χ1v) is 7.49. The molecule has 0 aliphatic heterocycles. The van der Waals surface area contributed by atoms with Crippen molar-refractivity contribution in [2.24, 2.45) is 0 Å². The smallest absolute Gasteiger partial charge is 0.574 e. The average molecular weight is 575 g/mol. The molecule has 0 radical (unpaired) electrons. The van der Waals surface area contributed by atoms with Gasteiger partial charge in [-0.15, -0.1) is 0 Å². The van der Waals surface area contributed by atoms with Gasteiger partial charge in [0.1, 0.15) is 0 Å². The predicted molar refractivity (Wildman–Crippen MR) is 113 cm³/mol. The molecular formula is C18H22N6OsP2. The second-order valence-corrected chi connectivity index (χ2v) is 5.17. The molecule has 0 amide bonds. The fraction of sp³-hybridized carbons (Fsp3) is 0.111. The van der Waals surface area contributed by atoms with Gasteiger partial charge < -0.3 is 20.4 Å². The van der Waals surface area contributed by atoms with Gasteiger partial charge in [0.15, 0.2) is 0 Å². The molecule has 4 aromatic heterocycles. The summed E-state index contributed by atoms with van der Waals surface area (Å²) in [5, 5.41) is 15.8. The first-order valence-electron chi connectivity index (χ1n) is 7.49. The van der Waals surface area contributed by atoms with E-state index in [4.69, 9.17) is 0 Å². The molecule has 0 bridgehead atoms. The number of aryl methyl sites for hydroxylation is 2. The molecule has 2 atom stereocenters. The van der Waals surface area contributed by atoms with Gasteiger partial charge >= 0.3 is 19.8 Å². The number of aromatic nitrogens is 6. The van der Waals surface area contributed by atoms with Crippen molar-refractivity contribution < 1.29 is 19.8 Å². The summed E-state index contributed by atoms with van der Waals surface area (Å²) in [6, 6.07) is 15.3. The second-order valence-electron chi connectivity index (χ2n) is 5.17. The van der Waals surface area contributed by atoms with Crippen molar-refractivity contribution in [2.45, 2.75) is 13.8 Å². The number of hydrogen-bond donors (Lipinski definition) is 0. The van der Waals surface area contributed by atoms with E-state index < -0.39 is 0 Å². The van der Waals surface area contributed by atoms with Crippen molar-refractivity contribution in [3.05, 3.63) is 72.3 Å². The molecule has 0 N–H and O–H groups in total. The van der Waals surface area contributed by atoms with Crippen LogP contribution in [0.1, 0.15) is 11.4 Å². The van der Waals surface area contributed by atoms with Gasteiger partial charge in [0.05, 0.1) is 0 Å². The first kappa shape index (κ1) is 25.2. The average Bonchev–Trinajstić information content (AvgIpc) is 3.26. The maximum absolute atomic E-state index is 4.16. The van der Waals surface area contributed by atoms with E-state index in [0.717, 1.165) is 34.2 Å². The molecule has 0 saturated heterocycles. The summed E-state index contributed by atoms with van der Waals surface area (Å²) in [6.07, 6.45) is 3.50. The van der Waals surface area contributed by atoms with E-state index in [2.05, 4.69) is 30.4 Å². The van der Waals surface area contributed by atoms with Gasteiger partial charge in [-0.1, -0.05) is 35.7 Å². The molecule has 27 heavy (non-hydrogen) atoms. The van der Waals surface area contributed by atoms with Gasteiger partial charge in [0.2, 0.25) is 0 Å². The molecule has 0 aliphatic rings. The molecule has 0 fully saturated rings. The molecular weight excluding hydrogens is 552 g/mol. The summed E-state index contributed by atoms with van der Waals surface area (Å²) in [4.78, 5) is 8.32. The van der Waals surface area contributed by atoms with Crippen LogP contribution in [0.25, 0.3) is 22.8 Å². The normalized spacial score (nSPS) is 8.96. The third-order valence-corrected chi connectivity index (χ3v) is 3.18. The summed E-state index contributed by atoms with van der Waals surface area (Å²) < 4.78 is 0. The Balaban J connectivity index is 0.000000451. The maximum Gasteiger partial charge on any atom is 2.00 e. The van der Waals surface area contributed by atoms with Crippen LogP contribution < -0.4 is 10.2 Å². The quantitative estimate of drug-likeness (QED) is 0.343. The minimum Gasteiger partial charge on any atom is -0.574 e. The van der Waals surface area contributed by atoms with Crippen molar-refractivity contribution in [1.82, 2.24) is 30.4 Å². The minimum atomic E-state index is 0. The van der Waals surface area contributed by atoms with Gasteiger partial charge in [-0.3, -0.25) is 9.97 Å². The van der Waals surface area contributed by atoms with Crippen LogP contribution in [-0.2, 0) is 19.8 Å². The van der Waals surface area contributed by atoms with Crippen molar-refractivity contribution in [1.29, 1.82) is 0 Å². The number of rotatable bonds is 2. The van der Waals surface area contributed by atoms with Crippen molar-refractivity contribution in [3.63, 3.8) is 0 Å². The van der Waals surface area contributed by atoms with Crippen LogP contribution in [0, 0.1) is 13.8 Å². The SMILES string of the molecule is Cc1cc(-c2ccccn2)[n-]n1.Cc1cc(-c2ccccn2)[n-]n1.P.P.[Os+2]. The van der Waals surface area contributed by atoms with Gasteiger partial charge in [0, 0.05) is 35.2 Å². The maximum atomic E-state index is 4.16. The second kappa shape index (κ2) is 12.6. The Hall–Kier alpha value is -1.78. The summed E-state index contributed by atoms with van der Waals surface area (Å²) in [5.41, 5.74) is 5.28. The van der Waals surface area contributed by atoms with Crippen molar-refractivity contribution in [2.75, 3.05) is 0 Å². The molecule has 0 spiro atoms. The van der Waals surface area contributed by atoms with E-state index in [1.807, 2.05) is 62.4 Å². The summed E-state index contributed by atoms with van der Waals surface area (Å²) in [6.45, 7) is 3.83. The Bertz CT molecular complexity index is 821. The van der Waals surface area contributed by atoms with Crippen LogP contribution in [0.3, 0.4) is 0 Å². The van der Waals surface area contributed by atoms with Gasteiger partial charge in [-0.05, 0) is 38.1 Å². The van der Waals surface area contributed by atoms with E-state index in [9.17, 15) is 0 Å². The largest absolute Gasteiger partial charge is 2.00 e. The molecule has 4 aromatic rings. The van der Waals surface area contributed by atoms with E-state index in [0.29, 0.717) is 0 Å². The third-order valence-electron chi connectivity index (χ3n) is 3.18. The number of nitrogens with zero attached hydrogens (tertiary/aromatic N) is 6. The zero-order valence-electron chi connectivity index (χ0n) is 15.2. The topological polar surface area (TPSA) is 79.8 Å². The predicted octanol–water partition coefficient (Wildman–Crippen LogP) is 2.93. The van der Waals surface area contributed by atoms with E-state index >= 15 is 0 Å².